The first-order valence-corrected chi connectivity index (χ1v) is 14.2. The predicted molar refractivity (Wildman–Crippen MR) is 165 cm³/mol. The summed E-state index contributed by atoms with van der Waals surface area (Å²) in [4.78, 5) is 14.1. The molecule has 0 aliphatic rings. The molecule has 0 aliphatic heterocycles. The summed E-state index contributed by atoms with van der Waals surface area (Å²) in [5, 5.41) is 10.0. The Hall–Kier alpha value is -6.02. The molecular weight excluding hydrogens is 616 g/mol. The van der Waals surface area contributed by atoms with Crippen molar-refractivity contribution in [2.45, 2.75) is 12.4 Å². The van der Waals surface area contributed by atoms with E-state index >= 15 is 0 Å². The van der Waals surface area contributed by atoms with E-state index in [1.54, 1.807) is 12.1 Å². The summed E-state index contributed by atoms with van der Waals surface area (Å²) in [6.07, 6.45) is -9.46. The van der Waals surface area contributed by atoms with Gasteiger partial charge in [0.15, 0.2) is 17.5 Å². The van der Waals surface area contributed by atoms with Crippen LogP contribution in [-0.4, -0.2) is 19.5 Å². The van der Waals surface area contributed by atoms with Crippen LogP contribution in [-0.2, 0) is 12.4 Å². The third kappa shape index (κ3) is 5.44. The molecule has 5 aromatic carbocycles. The van der Waals surface area contributed by atoms with Gasteiger partial charge in [-0.3, -0.25) is 0 Å². The molecule has 230 valence electrons. The highest BCUT2D eigenvalue weighted by Crippen LogP contribution is 2.41. The van der Waals surface area contributed by atoms with Crippen molar-refractivity contribution >= 4 is 21.8 Å². The molecule has 0 amide bonds. The standard InChI is InChI=1S/C36H19F6N5/c37-35(38,39)25-13-15-29-27(18-25)28-19-26(36(40,41)42)14-16-30(28)47(29)31-17-23(11-12-24(31)20-43)34-45-32(21-7-3-1-4-8-21)44-33(46-34)22-9-5-2-6-10-22/h1-19H. The maximum Gasteiger partial charge on any atom is 0.416 e. The molecule has 2 aromatic heterocycles. The molecule has 7 rings (SSSR count). The van der Waals surface area contributed by atoms with Crippen LogP contribution in [0.4, 0.5) is 26.3 Å². The molecule has 0 aliphatic carbocycles. The first kappa shape index (κ1) is 29.7. The molecule has 0 saturated carbocycles. The number of rotatable bonds is 4. The van der Waals surface area contributed by atoms with Gasteiger partial charge in [0.2, 0.25) is 0 Å². The van der Waals surface area contributed by atoms with Crippen LogP contribution in [0.2, 0.25) is 0 Å². The molecule has 5 nitrogen and oxygen atoms in total. The van der Waals surface area contributed by atoms with E-state index in [2.05, 4.69) is 11.1 Å². The number of hydrogen-bond acceptors (Lipinski definition) is 4. The average molecular weight is 636 g/mol. The van der Waals surface area contributed by atoms with Gasteiger partial charge < -0.3 is 4.57 Å². The van der Waals surface area contributed by atoms with Gasteiger partial charge in [0.25, 0.3) is 0 Å². The van der Waals surface area contributed by atoms with E-state index in [0.717, 1.165) is 35.4 Å². The summed E-state index contributed by atoms with van der Waals surface area (Å²) in [6.45, 7) is 0. The van der Waals surface area contributed by atoms with Gasteiger partial charge in [-0.2, -0.15) is 31.6 Å². The number of nitriles is 1. The van der Waals surface area contributed by atoms with E-state index < -0.39 is 23.5 Å². The van der Waals surface area contributed by atoms with E-state index in [0.29, 0.717) is 17.2 Å². The SMILES string of the molecule is N#Cc1ccc(-c2nc(-c3ccccc3)nc(-c3ccccc3)n2)cc1-n1c2ccc(C(F)(F)F)cc2c2cc(C(F)(F)F)ccc21. The first-order chi connectivity index (χ1) is 22.5. The van der Waals surface area contributed by atoms with E-state index in [1.165, 1.54) is 22.8 Å². The van der Waals surface area contributed by atoms with Gasteiger partial charge in [0, 0.05) is 27.5 Å². The lowest BCUT2D eigenvalue weighted by Crippen LogP contribution is -2.05. The van der Waals surface area contributed by atoms with Crippen LogP contribution in [0.3, 0.4) is 0 Å². The highest BCUT2D eigenvalue weighted by Gasteiger charge is 2.33. The molecule has 0 unspecified atom stereocenters. The molecule has 0 fully saturated rings. The van der Waals surface area contributed by atoms with Crippen molar-refractivity contribution in [2.75, 3.05) is 0 Å². The largest absolute Gasteiger partial charge is 0.416 e. The fourth-order valence-corrected chi connectivity index (χ4v) is 5.52. The van der Waals surface area contributed by atoms with Crippen molar-refractivity contribution in [1.29, 1.82) is 5.26 Å². The summed E-state index contributed by atoms with van der Waals surface area (Å²) in [7, 11) is 0. The number of alkyl halides is 6. The number of hydrogen-bond donors (Lipinski definition) is 0. The average Bonchev–Trinajstić information content (AvgIpc) is 3.41. The first-order valence-electron chi connectivity index (χ1n) is 14.2. The summed E-state index contributed by atoms with van der Waals surface area (Å²) in [5.41, 5.74) is 0.616. The van der Waals surface area contributed by atoms with Crippen LogP contribution >= 0.6 is 0 Å². The van der Waals surface area contributed by atoms with Crippen LogP contribution in [0.15, 0.2) is 115 Å². The summed E-state index contributed by atoms with van der Waals surface area (Å²) in [5.74, 6) is 1.02. The van der Waals surface area contributed by atoms with Crippen molar-refractivity contribution in [1.82, 2.24) is 19.5 Å². The molecule has 11 heteroatoms. The van der Waals surface area contributed by atoms with Crippen LogP contribution in [0.5, 0.6) is 0 Å². The Kier molecular flexibility index (Phi) is 7.01. The molecule has 0 saturated heterocycles. The van der Waals surface area contributed by atoms with E-state index in [9.17, 15) is 31.6 Å². The fraction of sp³-hybridized carbons (Fsp3) is 0.0556. The quantitative estimate of drug-likeness (QED) is 0.181. The summed E-state index contributed by atoms with van der Waals surface area (Å²) >= 11 is 0. The maximum atomic E-state index is 13.7. The van der Waals surface area contributed by atoms with Crippen molar-refractivity contribution in [3.05, 3.63) is 132 Å². The molecule has 0 radical (unpaired) electrons. The third-order valence-corrected chi connectivity index (χ3v) is 7.74. The van der Waals surface area contributed by atoms with Gasteiger partial charge in [-0.15, -0.1) is 0 Å². The molecule has 0 atom stereocenters. The number of halogens is 6. The summed E-state index contributed by atoms with van der Waals surface area (Å²) in [6, 6.07) is 31.1. The van der Waals surface area contributed by atoms with Gasteiger partial charge in [-0.1, -0.05) is 60.7 Å². The van der Waals surface area contributed by atoms with Gasteiger partial charge in [0.05, 0.1) is 33.4 Å². The van der Waals surface area contributed by atoms with E-state index in [4.69, 9.17) is 9.97 Å². The second kappa shape index (κ2) is 11.1. The Balaban J connectivity index is 1.50. The van der Waals surface area contributed by atoms with Crippen molar-refractivity contribution < 1.29 is 26.3 Å². The molecule has 0 bridgehead atoms. The Labute approximate surface area is 263 Å². The molecule has 47 heavy (non-hydrogen) atoms. The van der Waals surface area contributed by atoms with Gasteiger partial charge in [-0.25, -0.2) is 15.0 Å². The smallest absolute Gasteiger partial charge is 0.308 e. The number of fused-ring (bicyclic) bond motifs is 3. The van der Waals surface area contributed by atoms with Crippen LogP contribution in [0.1, 0.15) is 16.7 Å². The Morgan fingerprint density at radius 3 is 1.38 bits per heavy atom. The Morgan fingerprint density at radius 2 is 0.957 bits per heavy atom. The lowest BCUT2D eigenvalue weighted by atomic mass is 10.1. The molecule has 0 N–H and O–H groups in total. The van der Waals surface area contributed by atoms with Crippen LogP contribution < -0.4 is 0 Å². The third-order valence-electron chi connectivity index (χ3n) is 7.74. The molecule has 2 heterocycles. The monoisotopic (exact) mass is 635 g/mol. The topological polar surface area (TPSA) is 67.4 Å². The number of aromatic nitrogens is 4. The van der Waals surface area contributed by atoms with E-state index in [1.807, 2.05) is 60.7 Å². The van der Waals surface area contributed by atoms with Gasteiger partial charge in [-0.05, 0) is 54.6 Å². The minimum Gasteiger partial charge on any atom is -0.308 e. The number of nitrogens with zero attached hydrogens (tertiary/aromatic N) is 5. The Morgan fingerprint density at radius 1 is 0.511 bits per heavy atom. The fourth-order valence-electron chi connectivity index (χ4n) is 5.52. The van der Waals surface area contributed by atoms with Crippen molar-refractivity contribution in [3.8, 4) is 45.9 Å². The van der Waals surface area contributed by atoms with Gasteiger partial charge >= 0.3 is 12.4 Å². The zero-order chi connectivity index (χ0) is 32.9. The minimum absolute atomic E-state index is 0.0480. The zero-order valence-corrected chi connectivity index (χ0v) is 24.0. The van der Waals surface area contributed by atoms with Crippen molar-refractivity contribution in [2.24, 2.45) is 0 Å². The predicted octanol–water partition coefficient (Wildman–Crippen LogP) is 9.88. The molecule has 0 spiro atoms. The highest BCUT2D eigenvalue weighted by molar-refractivity contribution is 6.10. The molecule has 7 aromatic rings. The second-order valence-corrected chi connectivity index (χ2v) is 10.7. The van der Waals surface area contributed by atoms with E-state index in [-0.39, 0.29) is 38.9 Å². The van der Waals surface area contributed by atoms with Crippen molar-refractivity contribution in [3.63, 3.8) is 0 Å². The Bertz CT molecular complexity index is 2210. The zero-order valence-electron chi connectivity index (χ0n) is 24.0. The molecular formula is C36H19F6N5. The van der Waals surface area contributed by atoms with Crippen LogP contribution in [0, 0.1) is 11.3 Å². The maximum absolute atomic E-state index is 13.7. The summed E-state index contributed by atoms with van der Waals surface area (Å²) < 4.78 is 83.9. The highest BCUT2D eigenvalue weighted by atomic mass is 19.4. The number of benzene rings is 5. The lowest BCUT2D eigenvalue weighted by molar-refractivity contribution is -0.138. The second-order valence-electron chi connectivity index (χ2n) is 10.7. The normalized spacial score (nSPS) is 12.0. The lowest BCUT2D eigenvalue weighted by Gasteiger charge is -2.13. The van der Waals surface area contributed by atoms with Gasteiger partial charge in [0.1, 0.15) is 6.07 Å². The minimum atomic E-state index is -4.73. The van der Waals surface area contributed by atoms with Crippen LogP contribution in [0.25, 0.3) is 61.7 Å².